The van der Waals surface area contributed by atoms with E-state index in [1.165, 1.54) is 47.9 Å². The Kier molecular flexibility index (Phi) is 5.59. The second kappa shape index (κ2) is 7.23. The van der Waals surface area contributed by atoms with Crippen molar-refractivity contribution in [1.29, 1.82) is 0 Å². The third-order valence-electron chi connectivity index (χ3n) is 4.43. The van der Waals surface area contributed by atoms with Gasteiger partial charge in [0.15, 0.2) is 0 Å². The molecule has 0 nitrogen and oxygen atoms in total. The lowest BCUT2D eigenvalue weighted by Crippen LogP contribution is -2.22. The van der Waals surface area contributed by atoms with E-state index in [-0.39, 0.29) is 5.16 Å². The van der Waals surface area contributed by atoms with Gasteiger partial charge in [0.25, 0.3) is 0 Å². The lowest BCUT2D eigenvalue weighted by Gasteiger charge is -2.33. The first-order valence-corrected chi connectivity index (χ1v) is 8.58. The maximum atomic E-state index is 3.18. The van der Waals surface area contributed by atoms with E-state index in [1.54, 1.807) is 0 Å². The SMILES string of the molecule is CCCCCC(P)(c1ccccc1C)c1ccccc1C. The Morgan fingerprint density at radius 3 is 1.71 bits per heavy atom. The van der Waals surface area contributed by atoms with Gasteiger partial charge in [0.2, 0.25) is 0 Å². The molecule has 0 radical (unpaired) electrons. The van der Waals surface area contributed by atoms with Crippen molar-refractivity contribution in [2.24, 2.45) is 0 Å². The minimum atomic E-state index is 0.0336. The van der Waals surface area contributed by atoms with Gasteiger partial charge in [-0.3, -0.25) is 0 Å². The van der Waals surface area contributed by atoms with Crippen LogP contribution >= 0.6 is 9.24 Å². The molecule has 0 aromatic heterocycles. The van der Waals surface area contributed by atoms with Crippen molar-refractivity contribution in [3.8, 4) is 0 Å². The van der Waals surface area contributed by atoms with E-state index < -0.39 is 0 Å². The van der Waals surface area contributed by atoms with E-state index in [4.69, 9.17) is 0 Å². The van der Waals surface area contributed by atoms with Crippen molar-refractivity contribution in [3.05, 3.63) is 70.8 Å². The van der Waals surface area contributed by atoms with Gasteiger partial charge in [-0.15, -0.1) is 9.24 Å². The minimum Gasteiger partial charge on any atom is -0.122 e. The molecule has 0 N–H and O–H groups in total. The molecule has 1 unspecified atom stereocenters. The van der Waals surface area contributed by atoms with Crippen LogP contribution in [0.25, 0.3) is 0 Å². The van der Waals surface area contributed by atoms with E-state index in [0.29, 0.717) is 0 Å². The van der Waals surface area contributed by atoms with Crippen LogP contribution in [0.4, 0.5) is 0 Å². The molecule has 1 heteroatoms. The van der Waals surface area contributed by atoms with Crippen LogP contribution in [0.15, 0.2) is 48.5 Å². The predicted octanol–water partition coefficient (Wildman–Crippen LogP) is 6.00. The van der Waals surface area contributed by atoms with Crippen LogP contribution in [-0.4, -0.2) is 0 Å². The zero-order valence-corrected chi connectivity index (χ0v) is 14.7. The standard InChI is InChI=1S/C20H27P/c1-4-5-10-15-20(21,18-13-8-6-11-16(18)2)19-14-9-7-12-17(19)3/h6-9,11-14H,4-5,10,15,21H2,1-3H3. The molecule has 0 aliphatic carbocycles. The van der Waals surface area contributed by atoms with Gasteiger partial charge in [0, 0.05) is 5.16 Å². The van der Waals surface area contributed by atoms with Gasteiger partial charge in [-0.25, -0.2) is 0 Å². The van der Waals surface area contributed by atoms with Gasteiger partial charge >= 0.3 is 0 Å². The van der Waals surface area contributed by atoms with Crippen LogP contribution in [0.1, 0.15) is 54.9 Å². The average Bonchev–Trinajstić information content (AvgIpc) is 2.48. The second-order valence-electron chi connectivity index (χ2n) is 6.06. The fraction of sp³-hybridized carbons (Fsp3) is 0.400. The highest BCUT2D eigenvalue weighted by Gasteiger charge is 2.30. The van der Waals surface area contributed by atoms with Crippen LogP contribution in [0.5, 0.6) is 0 Å². The molecule has 0 spiro atoms. The maximum absolute atomic E-state index is 3.18. The molecule has 21 heavy (non-hydrogen) atoms. The van der Waals surface area contributed by atoms with Crippen LogP contribution in [0.2, 0.25) is 0 Å². The molecular formula is C20H27P. The van der Waals surface area contributed by atoms with Crippen molar-refractivity contribution < 1.29 is 0 Å². The fourth-order valence-corrected chi connectivity index (χ4v) is 4.07. The van der Waals surface area contributed by atoms with Gasteiger partial charge in [0.05, 0.1) is 0 Å². The Morgan fingerprint density at radius 2 is 1.29 bits per heavy atom. The van der Waals surface area contributed by atoms with Crippen LogP contribution < -0.4 is 0 Å². The number of hydrogen-bond acceptors (Lipinski definition) is 0. The van der Waals surface area contributed by atoms with E-state index in [1.807, 2.05) is 0 Å². The van der Waals surface area contributed by atoms with Crippen molar-refractivity contribution in [2.75, 3.05) is 0 Å². The summed E-state index contributed by atoms with van der Waals surface area (Å²) in [6, 6.07) is 17.6. The summed E-state index contributed by atoms with van der Waals surface area (Å²) in [6.07, 6.45) is 5.01. The van der Waals surface area contributed by atoms with E-state index in [2.05, 4.69) is 78.5 Å². The smallest absolute Gasteiger partial charge is 0.0349 e. The number of hydrogen-bond donors (Lipinski definition) is 0. The lowest BCUT2D eigenvalue weighted by atomic mass is 9.81. The van der Waals surface area contributed by atoms with Crippen LogP contribution in [-0.2, 0) is 5.16 Å². The van der Waals surface area contributed by atoms with Crippen LogP contribution in [0.3, 0.4) is 0 Å². The molecule has 112 valence electrons. The molecule has 0 heterocycles. The maximum Gasteiger partial charge on any atom is 0.0349 e. The summed E-state index contributed by atoms with van der Waals surface area (Å²) < 4.78 is 0. The third kappa shape index (κ3) is 3.55. The molecule has 0 aliphatic heterocycles. The summed E-state index contributed by atoms with van der Waals surface area (Å²) in [5, 5.41) is 0.0336. The van der Waals surface area contributed by atoms with E-state index >= 15 is 0 Å². The van der Waals surface area contributed by atoms with E-state index in [0.717, 1.165) is 0 Å². The summed E-state index contributed by atoms with van der Waals surface area (Å²) in [6.45, 7) is 6.73. The highest BCUT2D eigenvalue weighted by Crippen LogP contribution is 2.45. The number of unbranched alkanes of at least 4 members (excludes halogenated alkanes) is 2. The first-order valence-electron chi connectivity index (χ1n) is 8.00. The van der Waals surface area contributed by atoms with Gasteiger partial charge in [-0.05, 0) is 42.5 Å². The Balaban J connectivity index is 2.49. The molecule has 2 aromatic rings. The highest BCUT2D eigenvalue weighted by molar-refractivity contribution is 7.19. The summed E-state index contributed by atoms with van der Waals surface area (Å²) in [5.41, 5.74) is 5.65. The summed E-state index contributed by atoms with van der Waals surface area (Å²) in [4.78, 5) is 0. The molecule has 1 atom stereocenters. The molecule has 0 aliphatic rings. The van der Waals surface area contributed by atoms with Crippen molar-refractivity contribution in [3.63, 3.8) is 0 Å². The minimum absolute atomic E-state index is 0.0336. The van der Waals surface area contributed by atoms with Gasteiger partial charge < -0.3 is 0 Å². The fourth-order valence-electron chi connectivity index (χ4n) is 3.22. The Morgan fingerprint density at radius 1 is 0.810 bits per heavy atom. The molecule has 2 rings (SSSR count). The molecular weight excluding hydrogens is 271 g/mol. The first kappa shape index (κ1) is 16.2. The number of aryl methyl sites for hydroxylation is 2. The van der Waals surface area contributed by atoms with Crippen molar-refractivity contribution in [1.82, 2.24) is 0 Å². The molecule has 0 saturated carbocycles. The quantitative estimate of drug-likeness (QED) is 0.453. The number of benzene rings is 2. The highest BCUT2D eigenvalue weighted by atomic mass is 31.0. The molecule has 0 saturated heterocycles. The normalized spacial score (nSPS) is 11.6. The van der Waals surface area contributed by atoms with Crippen molar-refractivity contribution >= 4 is 9.24 Å². The monoisotopic (exact) mass is 298 g/mol. The Labute approximate surface area is 132 Å². The van der Waals surface area contributed by atoms with Gasteiger partial charge in [0.1, 0.15) is 0 Å². The number of rotatable bonds is 6. The third-order valence-corrected chi connectivity index (χ3v) is 5.34. The molecule has 0 fully saturated rings. The average molecular weight is 298 g/mol. The lowest BCUT2D eigenvalue weighted by molar-refractivity contribution is 0.580. The predicted molar refractivity (Wildman–Crippen MR) is 97.0 cm³/mol. The molecule has 0 bridgehead atoms. The van der Waals surface area contributed by atoms with Crippen molar-refractivity contribution in [2.45, 2.75) is 51.6 Å². The van der Waals surface area contributed by atoms with Crippen LogP contribution in [0, 0.1) is 13.8 Å². The summed E-state index contributed by atoms with van der Waals surface area (Å²) >= 11 is 0. The first-order chi connectivity index (χ1) is 10.1. The summed E-state index contributed by atoms with van der Waals surface area (Å²) in [7, 11) is 3.18. The largest absolute Gasteiger partial charge is 0.122 e. The second-order valence-corrected chi connectivity index (χ2v) is 7.04. The zero-order chi connectivity index (χ0) is 15.3. The Hall–Kier alpha value is -1.13. The molecule has 0 amide bonds. The van der Waals surface area contributed by atoms with Gasteiger partial charge in [-0.2, -0.15) is 0 Å². The topological polar surface area (TPSA) is 0 Å². The zero-order valence-electron chi connectivity index (χ0n) is 13.5. The summed E-state index contributed by atoms with van der Waals surface area (Å²) in [5.74, 6) is 0. The van der Waals surface area contributed by atoms with Gasteiger partial charge in [-0.1, -0.05) is 74.7 Å². The molecule has 2 aromatic carbocycles. The van der Waals surface area contributed by atoms with E-state index in [9.17, 15) is 0 Å². The Bertz CT molecular complexity index is 540.